The number of benzene rings is 1. The molecule has 3 heteroatoms. The van der Waals surface area contributed by atoms with Gasteiger partial charge in [0.25, 0.3) is 0 Å². The van der Waals surface area contributed by atoms with Gasteiger partial charge in [0.15, 0.2) is 0 Å². The molecule has 0 fully saturated rings. The lowest BCUT2D eigenvalue weighted by molar-refractivity contribution is 0.176. The van der Waals surface area contributed by atoms with Gasteiger partial charge in [-0.25, -0.2) is 0 Å². The van der Waals surface area contributed by atoms with Crippen LogP contribution in [0.1, 0.15) is 23.0 Å². The molecule has 1 atom stereocenters. The van der Waals surface area contributed by atoms with Crippen molar-refractivity contribution in [3.63, 3.8) is 0 Å². The van der Waals surface area contributed by atoms with Crippen LogP contribution in [0.2, 0.25) is 0 Å². The minimum absolute atomic E-state index is 0.487. The SMILES string of the molecule is Cc1occc1C(O)Cc1ccc(I)cc1. The molecule has 0 aliphatic heterocycles. The zero-order chi connectivity index (χ0) is 11.5. The first-order valence-electron chi connectivity index (χ1n) is 5.13. The summed E-state index contributed by atoms with van der Waals surface area (Å²) >= 11 is 2.27. The number of hydrogen-bond donors (Lipinski definition) is 1. The van der Waals surface area contributed by atoms with E-state index >= 15 is 0 Å². The molecular formula is C13H13IO2. The molecule has 1 aromatic carbocycles. The van der Waals surface area contributed by atoms with Gasteiger partial charge < -0.3 is 9.52 Å². The summed E-state index contributed by atoms with van der Waals surface area (Å²) in [5.74, 6) is 0.790. The lowest BCUT2D eigenvalue weighted by atomic mass is 10.0. The molecule has 0 saturated heterocycles. The molecule has 0 bridgehead atoms. The molecule has 0 aliphatic rings. The topological polar surface area (TPSA) is 33.4 Å². The molecule has 1 unspecified atom stereocenters. The van der Waals surface area contributed by atoms with Gasteiger partial charge in [0.2, 0.25) is 0 Å². The summed E-state index contributed by atoms with van der Waals surface area (Å²) in [7, 11) is 0. The van der Waals surface area contributed by atoms with Gasteiger partial charge in [0, 0.05) is 15.6 Å². The van der Waals surface area contributed by atoms with Crippen LogP contribution in [-0.4, -0.2) is 5.11 Å². The van der Waals surface area contributed by atoms with E-state index in [9.17, 15) is 5.11 Å². The Balaban J connectivity index is 2.10. The highest BCUT2D eigenvalue weighted by atomic mass is 127. The minimum atomic E-state index is -0.487. The molecule has 2 aromatic rings. The molecular weight excluding hydrogens is 315 g/mol. The third-order valence-electron chi connectivity index (χ3n) is 2.60. The highest BCUT2D eigenvalue weighted by Crippen LogP contribution is 2.22. The van der Waals surface area contributed by atoms with Crippen LogP contribution in [0.3, 0.4) is 0 Å². The van der Waals surface area contributed by atoms with Crippen molar-refractivity contribution in [2.45, 2.75) is 19.4 Å². The maximum absolute atomic E-state index is 10.1. The monoisotopic (exact) mass is 328 g/mol. The van der Waals surface area contributed by atoms with Crippen molar-refractivity contribution in [3.8, 4) is 0 Å². The predicted molar refractivity (Wildman–Crippen MR) is 71.3 cm³/mol. The number of furan rings is 1. The molecule has 84 valence electrons. The lowest BCUT2D eigenvalue weighted by Gasteiger charge is -2.09. The Morgan fingerprint density at radius 3 is 2.50 bits per heavy atom. The van der Waals surface area contributed by atoms with Gasteiger partial charge in [0.05, 0.1) is 12.4 Å². The molecule has 0 saturated carbocycles. The van der Waals surface area contributed by atoms with Crippen molar-refractivity contribution >= 4 is 22.6 Å². The fraction of sp³-hybridized carbons (Fsp3) is 0.231. The Hall–Kier alpha value is -0.810. The van der Waals surface area contributed by atoms with E-state index in [0.29, 0.717) is 6.42 Å². The Labute approximate surface area is 108 Å². The van der Waals surface area contributed by atoms with E-state index in [-0.39, 0.29) is 0 Å². The van der Waals surface area contributed by atoms with Crippen molar-refractivity contribution in [3.05, 3.63) is 57.1 Å². The highest BCUT2D eigenvalue weighted by molar-refractivity contribution is 14.1. The van der Waals surface area contributed by atoms with Crippen LogP contribution < -0.4 is 0 Å². The molecule has 2 rings (SSSR count). The number of aryl methyl sites for hydroxylation is 1. The molecule has 16 heavy (non-hydrogen) atoms. The maximum Gasteiger partial charge on any atom is 0.106 e. The minimum Gasteiger partial charge on any atom is -0.469 e. The summed E-state index contributed by atoms with van der Waals surface area (Å²) in [5.41, 5.74) is 2.01. The van der Waals surface area contributed by atoms with Crippen LogP contribution in [0.5, 0.6) is 0 Å². The molecule has 1 N–H and O–H groups in total. The molecule has 0 spiro atoms. The predicted octanol–water partition coefficient (Wildman–Crippen LogP) is 3.47. The molecule has 1 aromatic heterocycles. The number of aliphatic hydroxyl groups excluding tert-OH is 1. The average molecular weight is 328 g/mol. The Morgan fingerprint density at radius 1 is 1.25 bits per heavy atom. The van der Waals surface area contributed by atoms with E-state index in [1.54, 1.807) is 6.26 Å². The van der Waals surface area contributed by atoms with Crippen LogP contribution in [0, 0.1) is 10.5 Å². The van der Waals surface area contributed by atoms with Gasteiger partial charge >= 0.3 is 0 Å². The van der Waals surface area contributed by atoms with Crippen molar-refractivity contribution in [2.75, 3.05) is 0 Å². The third kappa shape index (κ3) is 2.65. The van der Waals surface area contributed by atoms with Crippen molar-refractivity contribution in [2.24, 2.45) is 0 Å². The van der Waals surface area contributed by atoms with Crippen LogP contribution in [0.15, 0.2) is 41.0 Å². The lowest BCUT2D eigenvalue weighted by Crippen LogP contribution is -2.01. The van der Waals surface area contributed by atoms with Crippen LogP contribution in [0.25, 0.3) is 0 Å². The van der Waals surface area contributed by atoms with Crippen molar-refractivity contribution < 1.29 is 9.52 Å². The Kier molecular flexibility index (Phi) is 3.66. The van der Waals surface area contributed by atoms with Gasteiger partial charge in [-0.2, -0.15) is 0 Å². The molecule has 0 aliphatic carbocycles. The van der Waals surface area contributed by atoms with Gasteiger partial charge in [-0.1, -0.05) is 12.1 Å². The summed E-state index contributed by atoms with van der Waals surface area (Å²) in [4.78, 5) is 0. The molecule has 1 heterocycles. The van der Waals surface area contributed by atoms with Crippen molar-refractivity contribution in [1.29, 1.82) is 0 Å². The first-order chi connectivity index (χ1) is 7.66. The summed E-state index contributed by atoms with van der Waals surface area (Å²) in [6.45, 7) is 1.87. The van der Waals surface area contributed by atoms with Gasteiger partial charge in [0.1, 0.15) is 5.76 Å². The largest absolute Gasteiger partial charge is 0.469 e. The van der Waals surface area contributed by atoms with Gasteiger partial charge in [-0.05, 0) is 53.3 Å². The molecule has 0 radical (unpaired) electrons. The molecule has 0 amide bonds. The second-order valence-electron chi connectivity index (χ2n) is 3.78. The summed E-state index contributed by atoms with van der Waals surface area (Å²) in [6, 6.07) is 10.0. The van der Waals surface area contributed by atoms with E-state index in [4.69, 9.17) is 4.42 Å². The second kappa shape index (κ2) is 5.01. The third-order valence-corrected chi connectivity index (χ3v) is 3.32. The zero-order valence-corrected chi connectivity index (χ0v) is 11.1. The normalized spacial score (nSPS) is 12.7. The zero-order valence-electron chi connectivity index (χ0n) is 8.98. The number of rotatable bonds is 3. The maximum atomic E-state index is 10.1. The van der Waals surface area contributed by atoms with E-state index in [1.807, 2.05) is 37.3 Å². The van der Waals surface area contributed by atoms with E-state index in [2.05, 4.69) is 22.6 Å². The first-order valence-corrected chi connectivity index (χ1v) is 6.21. The van der Waals surface area contributed by atoms with Crippen LogP contribution >= 0.6 is 22.6 Å². The van der Waals surface area contributed by atoms with Crippen LogP contribution in [-0.2, 0) is 6.42 Å². The number of halogens is 1. The number of aliphatic hydroxyl groups is 1. The summed E-state index contributed by atoms with van der Waals surface area (Å²) in [5, 5.41) is 10.1. The summed E-state index contributed by atoms with van der Waals surface area (Å²) in [6.07, 6.45) is 1.75. The smallest absolute Gasteiger partial charge is 0.106 e. The van der Waals surface area contributed by atoms with Gasteiger partial charge in [-0.15, -0.1) is 0 Å². The second-order valence-corrected chi connectivity index (χ2v) is 5.02. The first kappa shape index (κ1) is 11.7. The Bertz CT molecular complexity index is 459. The van der Waals surface area contributed by atoms with Crippen molar-refractivity contribution in [1.82, 2.24) is 0 Å². The van der Waals surface area contributed by atoms with Crippen LogP contribution in [0.4, 0.5) is 0 Å². The van der Waals surface area contributed by atoms with Gasteiger partial charge in [-0.3, -0.25) is 0 Å². The highest BCUT2D eigenvalue weighted by Gasteiger charge is 2.12. The quantitative estimate of drug-likeness (QED) is 0.876. The average Bonchev–Trinajstić information content (AvgIpc) is 2.68. The Morgan fingerprint density at radius 2 is 1.94 bits per heavy atom. The molecule has 2 nitrogen and oxygen atoms in total. The summed E-state index contributed by atoms with van der Waals surface area (Å²) < 4.78 is 6.39. The van der Waals surface area contributed by atoms with E-state index < -0.39 is 6.10 Å². The van der Waals surface area contributed by atoms with E-state index in [0.717, 1.165) is 16.9 Å². The number of hydrogen-bond acceptors (Lipinski definition) is 2. The standard InChI is InChI=1S/C13H13IO2/c1-9-12(6-7-16-9)13(15)8-10-2-4-11(14)5-3-10/h2-7,13,15H,8H2,1H3. The van der Waals surface area contributed by atoms with E-state index in [1.165, 1.54) is 3.57 Å². The fourth-order valence-corrected chi connectivity index (χ4v) is 2.05. The fourth-order valence-electron chi connectivity index (χ4n) is 1.69.